The first-order valence-corrected chi connectivity index (χ1v) is 12.4. The number of phenols is 1. The van der Waals surface area contributed by atoms with Gasteiger partial charge in [-0.2, -0.15) is 0 Å². The van der Waals surface area contributed by atoms with E-state index in [2.05, 4.69) is 40.5 Å². The van der Waals surface area contributed by atoms with Crippen LogP contribution in [-0.4, -0.2) is 35.5 Å². The van der Waals surface area contributed by atoms with E-state index >= 15 is 0 Å². The number of nitrogens with one attached hydrogen (secondary N) is 1. The fourth-order valence-electron chi connectivity index (χ4n) is 6.12. The number of amides is 1. The van der Waals surface area contributed by atoms with Gasteiger partial charge in [0.2, 0.25) is 5.91 Å². The maximum atomic E-state index is 13.1. The molecule has 2 N–H and O–H groups in total. The summed E-state index contributed by atoms with van der Waals surface area (Å²) in [5.41, 5.74) is 2.83. The van der Waals surface area contributed by atoms with Crippen LogP contribution in [0.15, 0.2) is 48.5 Å². The molecule has 32 heavy (non-hydrogen) atoms. The van der Waals surface area contributed by atoms with E-state index in [1.165, 1.54) is 31.2 Å². The third kappa shape index (κ3) is 4.27. The minimum Gasteiger partial charge on any atom is -0.506 e. The number of hydrogen-bond donors (Lipinski definition) is 2. The van der Waals surface area contributed by atoms with E-state index in [4.69, 9.17) is 11.6 Å². The van der Waals surface area contributed by atoms with Crippen LogP contribution < -0.4 is 5.32 Å². The van der Waals surface area contributed by atoms with Crippen molar-refractivity contribution < 1.29 is 9.90 Å². The van der Waals surface area contributed by atoms with Gasteiger partial charge in [0, 0.05) is 24.4 Å². The highest BCUT2D eigenvalue weighted by molar-refractivity contribution is 6.32. The Balaban J connectivity index is 1.14. The van der Waals surface area contributed by atoms with Gasteiger partial charge in [0.05, 0.1) is 5.02 Å². The van der Waals surface area contributed by atoms with Crippen LogP contribution >= 0.6 is 11.6 Å². The van der Waals surface area contributed by atoms with Crippen molar-refractivity contribution in [1.82, 2.24) is 10.2 Å². The number of carbonyl (C=O) groups is 1. The van der Waals surface area contributed by atoms with E-state index in [0.29, 0.717) is 5.02 Å². The fraction of sp³-hybridized carbons (Fsp3) is 0.519. The van der Waals surface area contributed by atoms with E-state index in [-0.39, 0.29) is 28.4 Å². The Morgan fingerprint density at radius 3 is 2.47 bits per heavy atom. The van der Waals surface area contributed by atoms with Crippen LogP contribution in [0.1, 0.15) is 56.1 Å². The van der Waals surface area contributed by atoms with Gasteiger partial charge < -0.3 is 10.4 Å². The Hall–Kier alpha value is -2.04. The van der Waals surface area contributed by atoms with Crippen molar-refractivity contribution in [2.24, 2.45) is 11.3 Å². The number of hydrogen-bond acceptors (Lipinski definition) is 3. The Morgan fingerprint density at radius 1 is 1.06 bits per heavy atom. The molecule has 0 unspecified atom stereocenters. The Bertz CT molecular complexity index is 963. The van der Waals surface area contributed by atoms with Gasteiger partial charge in [0.25, 0.3) is 0 Å². The van der Waals surface area contributed by atoms with Gasteiger partial charge in [-0.05, 0) is 73.9 Å². The van der Waals surface area contributed by atoms with Crippen molar-refractivity contribution in [3.05, 3.63) is 64.7 Å². The Morgan fingerprint density at radius 2 is 1.78 bits per heavy atom. The zero-order chi connectivity index (χ0) is 22.2. The molecule has 2 aliphatic carbocycles. The molecule has 1 spiro atoms. The molecule has 0 radical (unpaired) electrons. The topological polar surface area (TPSA) is 52.6 Å². The van der Waals surface area contributed by atoms with E-state index in [1.54, 1.807) is 6.07 Å². The SMILES string of the molecule is O=C(NCC1(c2ccccc2)CCCC1)[C@@H]1CC12CCN(Cc1ccc(O)c(Cl)c1)CC2. The first-order valence-electron chi connectivity index (χ1n) is 12.0. The zero-order valence-electron chi connectivity index (χ0n) is 18.7. The lowest BCUT2D eigenvalue weighted by molar-refractivity contribution is -0.123. The van der Waals surface area contributed by atoms with Crippen molar-refractivity contribution in [3.63, 3.8) is 0 Å². The summed E-state index contributed by atoms with van der Waals surface area (Å²) in [7, 11) is 0. The van der Waals surface area contributed by atoms with Gasteiger partial charge in [0.1, 0.15) is 5.75 Å². The fourth-order valence-corrected chi connectivity index (χ4v) is 6.33. The summed E-state index contributed by atoms with van der Waals surface area (Å²) in [5, 5.41) is 13.4. The predicted octanol–water partition coefficient (Wildman–Crippen LogP) is 5.28. The molecule has 1 saturated heterocycles. The number of nitrogens with zero attached hydrogens (tertiary/aromatic N) is 1. The molecule has 3 aliphatic rings. The molecule has 3 fully saturated rings. The smallest absolute Gasteiger partial charge is 0.223 e. The van der Waals surface area contributed by atoms with Crippen LogP contribution in [0.25, 0.3) is 0 Å². The van der Waals surface area contributed by atoms with Crippen LogP contribution in [0.3, 0.4) is 0 Å². The first-order chi connectivity index (χ1) is 15.5. The van der Waals surface area contributed by atoms with E-state index in [9.17, 15) is 9.90 Å². The number of likely N-dealkylation sites (tertiary alicyclic amines) is 1. The molecular formula is C27H33ClN2O2. The van der Waals surface area contributed by atoms with Gasteiger partial charge in [-0.15, -0.1) is 0 Å². The molecule has 1 atom stereocenters. The minimum atomic E-state index is 0.119. The van der Waals surface area contributed by atoms with Crippen molar-refractivity contribution >= 4 is 17.5 Å². The van der Waals surface area contributed by atoms with Crippen LogP contribution in [0.4, 0.5) is 0 Å². The van der Waals surface area contributed by atoms with Gasteiger partial charge >= 0.3 is 0 Å². The van der Waals surface area contributed by atoms with Crippen LogP contribution in [0.5, 0.6) is 5.75 Å². The summed E-state index contributed by atoms with van der Waals surface area (Å²) < 4.78 is 0. The molecule has 2 aromatic rings. The average molecular weight is 453 g/mol. The molecule has 5 heteroatoms. The second-order valence-corrected chi connectivity index (χ2v) is 10.7. The van der Waals surface area contributed by atoms with Crippen LogP contribution in [-0.2, 0) is 16.8 Å². The summed E-state index contributed by atoms with van der Waals surface area (Å²) in [6.45, 7) is 3.63. The lowest BCUT2D eigenvalue weighted by Gasteiger charge is -2.33. The highest BCUT2D eigenvalue weighted by atomic mass is 35.5. The second-order valence-electron chi connectivity index (χ2n) is 10.3. The third-order valence-corrected chi connectivity index (χ3v) is 8.63. The number of aromatic hydroxyl groups is 1. The minimum absolute atomic E-state index is 0.119. The van der Waals surface area contributed by atoms with Crippen LogP contribution in [0, 0.1) is 11.3 Å². The second kappa shape index (κ2) is 8.72. The normalized spacial score (nSPS) is 23.8. The number of phenolic OH excluding ortho intramolecular Hbond substituents is 1. The lowest BCUT2D eigenvalue weighted by atomic mass is 9.78. The standard InChI is InChI=1S/C27H33ClN2O2/c28-23-16-20(8-9-24(23)31)18-30-14-12-26(13-15-30)17-22(26)25(32)29-19-27(10-4-5-11-27)21-6-2-1-3-7-21/h1-3,6-9,16,22,31H,4-5,10-15,17-19H2,(H,29,32)/t22-/m0/s1. The number of rotatable bonds is 6. The summed E-state index contributed by atoms with van der Waals surface area (Å²) >= 11 is 6.05. The third-order valence-electron chi connectivity index (χ3n) is 8.32. The Kier molecular flexibility index (Phi) is 5.94. The van der Waals surface area contributed by atoms with Gasteiger partial charge in [-0.3, -0.25) is 9.69 Å². The predicted molar refractivity (Wildman–Crippen MR) is 128 cm³/mol. The van der Waals surface area contributed by atoms with Crippen molar-refractivity contribution in [3.8, 4) is 5.75 Å². The molecule has 0 bridgehead atoms. The highest BCUT2D eigenvalue weighted by Crippen LogP contribution is 2.59. The highest BCUT2D eigenvalue weighted by Gasteiger charge is 2.58. The van der Waals surface area contributed by atoms with Crippen molar-refractivity contribution in [2.45, 2.75) is 56.9 Å². The number of carbonyl (C=O) groups excluding carboxylic acids is 1. The first kappa shape index (κ1) is 21.8. The average Bonchev–Trinajstić information content (AvgIpc) is 3.29. The van der Waals surface area contributed by atoms with Crippen LogP contribution in [0.2, 0.25) is 5.02 Å². The Labute approximate surface area is 196 Å². The molecule has 0 aromatic heterocycles. The number of piperidine rings is 1. The molecule has 1 heterocycles. The largest absolute Gasteiger partial charge is 0.506 e. The van der Waals surface area contributed by atoms with E-state index in [1.807, 2.05) is 12.1 Å². The summed E-state index contributed by atoms with van der Waals surface area (Å²) in [4.78, 5) is 15.5. The zero-order valence-corrected chi connectivity index (χ0v) is 19.4. The monoisotopic (exact) mass is 452 g/mol. The molecule has 1 aliphatic heterocycles. The van der Waals surface area contributed by atoms with Crippen molar-refractivity contribution in [1.29, 1.82) is 0 Å². The molecule has 5 rings (SSSR count). The molecule has 2 aromatic carbocycles. The number of benzene rings is 2. The maximum absolute atomic E-state index is 13.1. The molecule has 2 saturated carbocycles. The summed E-state index contributed by atoms with van der Waals surface area (Å²) in [6.07, 6.45) is 8.05. The quantitative estimate of drug-likeness (QED) is 0.627. The number of halogens is 1. The molecule has 170 valence electrons. The van der Waals surface area contributed by atoms with Gasteiger partial charge in [0.15, 0.2) is 0 Å². The van der Waals surface area contributed by atoms with Gasteiger partial charge in [-0.1, -0.05) is 60.8 Å². The maximum Gasteiger partial charge on any atom is 0.223 e. The van der Waals surface area contributed by atoms with E-state index in [0.717, 1.165) is 51.0 Å². The van der Waals surface area contributed by atoms with E-state index < -0.39 is 0 Å². The lowest BCUT2D eigenvalue weighted by Crippen LogP contribution is -2.41. The van der Waals surface area contributed by atoms with Crippen molar-refractivity contribution in [2.75, 3.05) is 19.6 Å². The molecular weight excluding hydrogens is 420 g/mol. The summed E-state index contributed by atoms with van der Waals surface area (Å²) in [5.74, 6) is 0.583. The summed E-state index contributed by atoms with van der Waals surface area (Å²) in [6, 6.07) is 16.2. The molecule has 4 nitrogen and oxygen atoms in total. The molecule has 1 amide bonds. The van der Waals surface area contributed by atoms with Gasteiger partial charge in [-0.25, -0.2) is 0 Å².